The third-order valence-corrected chi connectivity index (χ3v) is 9.72. The van der Waals surface area contributed by atoms with Gasteiger partial charge < -0.3 is 20.1 Å². The molecule has 0 radical (unpaired) electrons. The normalized spacial score (nSPS) is 16.2. The molecule has 0 saturated carbocycles. The highest BCUT2D eigenvalue weighted by molar-refractivity contribution is 7.91. The number of nitrogens with zero attached hydrogens (tertiary/aromatic N) is 2. The lowest BCUT2D eigenvalue weighted by molar-refractivity contribution is 0.0273. The average molecular weight is 657 g/mol. The van der Waals surface area contributed by atoms with Gasteiger partial charge in [-0.15, -0.1) is 0 Å². The maximum Gasteiger partial charge on any atom is 0.151 e. The smallest absolute Gasteiger partial charge is 0.151 e. The van der Waals surface area contributed by atoms with E-state index < -0.39 is 21.3 Å². The van der Waals surface area contributed by atoms with E-state index in [4.69, 9.17) is 21.1 Å². The standard InChI is InChI=1S/C33H35ClF2N4O4S/c1-2-15-45(41,42)16-13-37-12-4-10-33(11-5-14-44-33)27-19-26-30(20-29(27)36)38-22-39-32(26)40-25-8-9-31(28(34)18-25)43-21-23-6-3-7-24(35)17-23/h3,5-9,14,17-20,22,37H,2,4,10-13,15-16,21H2,1H3,(H,38,39,40). The molecule has 1 aliphatic rings. The number of anilines is 2. The Hall–Kier alpha value is -3.80. The van der Waals surface area contributed by atoms with E-state index in [1.165, 1.54) is 24.5 Å². The van der Waals surface area contributed by atoms with Gasteiger partial charge in [-0.25, -0.2) is 27.2 Å². The molecule has 5 rings (SSSR count). The number of ether oxygens (including phenoxy) is 2. The van der Waals surface area contributed by atoms with Crippen LogP contribution in [0.5, 0.6) is 5.75 Å². The second-order valence-electron chi connectivity index (χ2n) is 11.0. The van der Waals surface area contributed by atoms with Crippen molar-refractivity contribution in [1.29, 1.82) is 0 Å². The van der Waals surface area contributed by atoms with E-state index in [-0.39, 0.29) is 23.9 Å². The number of hydrogen-bond acceptors (Lipinski definition) is 8. The van der Waals surface area contributed by atoms with Crippen molar-refractivity contribution in [3.63, 3.8) is 0 Å². The molecule has 1 atom stereocenters. The third-order valence-electron chi connectivity index (χ3n) is 7.57. The first-order valence-corrected chi connectivity index (χ1v) is 17.0. The molecule has 0 saturated heterocycles. The zero-order valence-electron chi connectivity index (χ0n) is 24.9. The van der Waals surface area contributed by atoms with Gasteiger partial charge >= 0.3 is 0 Å². The van der Waals surface area contributed by atoms with Crippen LogP contribution in [0.15, 0.2) is 73.3 Å². The number of nitrogens with one attached hydrogen (secondary N) is 2. The van der Waals surface area contributed by atoms with E-state index in [0.717, 1.165) is 0 Å². The number of hydrogen-bond donors (Lipinski definition) is 2. The van der Waals surface area contributed by atoms with Crippen LogP contribution in [0.1, 0.15) is 43.7 Å². The van der Waals surface area contributed by atoms with Crippen molar-refractivity contribution in [2.45, 2.75) is 44.8 Å². The number of fused-ring (bicyclic) bond motifs is 1. The van der Waals surface area contributed by atoms with Crippen LogP contribution in [0.4, 0.5) is 20.3 Å². The molecule has 1 aliphatic heterocycles. The number of aromatic nitrogens is 2. The zero-order valence-corrected chi connectivity index (χ0v) is 26.4. The van der Waals surface area contributed by atoms with Gasteiger partial charge in [0.05, 0.1) is 22.6 Å². The Labute approximate surface area is 266 Å². The van der Waals surface area contributed by atoms with Crippen LogP contribution in [0, 0.1) is 11.6 Å². The maximum absolute atomic E-state index is 15.6. The molecule has 1 aromatic heterocycles. The summed E-state index contributed by atoms with van der Waals surface area (Å²) in [7, 11) is -3.05. The summed E-state index contributed by atoms with van der Waals surface area (Å²) in [6, 6.07) is 14.4. The summed E-state index contributed by atoms with van der Waals surface area (Å²) in [5.74, 6) is 0.402. The number of benzene rings is 3. The summed E-state index contributed by atoms with van der Waals surface area (Å²) in [5, 5.41) is 7.39. The second kappa shape index (κ2) is 14.5. The molecule has 238 valence electrons. The summed E-state index contributed by atoms with van der Waals surface area (Å²) < 4.78 is 64.9. The van der Waals surface area contributed by atoms with Crippen LogP contribution in [0.3, 0.4) is 0 Å². The van der Waals surface area contributed by atoms with Crippen LogP contribution < -0.4 is 15.4 Å². The molecule has 0 spiro atoms. The predicted octanol–water partition coefficient (Wildman–Crippen LogP) is 7.21. The lowest BCUT2D eigenvalue weighted by atomic mass is 9.85. The average Bonchev–Trinajstić information content (AvgIpc) is 3.48. The van der Waals surface area contributed by atoms with Gasteiger partial charge in [0.2, 0.25) is 0 Å². The fraction of sp³-hybridized carbons (Fsp3) is 0.333. The molecule has 0 amide bonds. The Bertz CT molecular complexity index is 1780. The van der Waals surface area contributed by atoms with E-state index in [1.807, 2.05) is 13.0 Å². The minimum absolute atomic E-state index is 0.0923. The quantitative estimate of drug-likeness (QED) is 0.130. The summed E-state index contributed by atoms with van der Waals surface area (Å²) in [5.41, 5.74) is 1.21. The van der Waals surface area contributed by atoms with Crippen molar-refractivity contribution in [2.75, 3.05) is 29.9 Å². The predicted molar refractivity (Wildman–Crippen MR) is 173 cm³/mol. The van der Waals surface area contributed by atoms with Crippen LogP contribution in [0.2, 0.25) is 5.02 Å². The largest absolute Gasteiger partial charge is 0.490 e. The molecule has 0 fully saturated rings. The molecule has 3 aromatic carbocycles. The molecule has 4 aromatic rings. The molecule has 2 N–H and O–H groups in total. The van der Waals surface area contributed by atoms with E-state index in [9.17, 15) is 12.8 Å². The van der Waals surface area contributed by atoms with E-state index in [1.54, 1.807) is 42.7 Å². The van der Waals surface area contributed by atoms with Gasteiger partial charge in [-0.1, -0.05) is 30.7 Å². The zero-order chi connectivity index (χ0) is 31.9. The molecular formula is C33H35ClF2N4O4S. The molecule has 2 heterocycles. The third kappa shape index (κ3) is 8.27. The van der Waals surface area contributed by atoms with Gasteiger partial charge in [0, 0.05) is 41.4 Å². The van der Waals surface area contributed by atoms with Crippen molar-refractivity contribution in [3.8, 4) is 5.75 Å². The maximum atomic E-state index is 15.6. The van der Waals surface area contributed by atoms with Crippen molar-refractivity contribution in [2.24, 2.45) is 0 Å². The number of halogens is 3. The lowest BCUT2D eigenvalue weighted by Gasteiger charge is -2.30. The first-order chi connectivity index (χ1) is 21.7. The number of rotatable bonds is 15. The number of sulfone groups is 1. The van der Waals surface area contributed by atoms with Crippen molar-refractivity contribution in [1.82, 2.24) is 15.3 Å². The van der Waals surface area contributed by atoms with Crippen molar-refractivity contribution < 1.29 is 26.7 Å². The first-order valence-electron chi connectivity index (χ1n) is 14.8. The summed E-state index contributed by atoms with van der Waals surface area (Å²) >= 11 is 6.50. The van der Waals surface area contributed by atoms with Crippen molar-refractivity contribution in [3.05, 3.63) is 101 Å². The van der Waals surface area contributed by atoms with Crippen LogP contribution in [-0.4, -0.2) is 43.0 Å². The second-order valence-corrected chi connectivity index (χ2v) is 13.7. The lowest BCUT2D eigenvalue weighted by Crippen LogP contribution is -2.29. The topological polar surface area (TPSA) is 102 Å². The molecule has 0 bridgehead atoms. The molecule has 12 heteroatoms. The highest BCUT2D eigenvalue weighted by Crippen LogP contribution is 2.42. The Kier molecular flexibility index (Phi) is 10.5. The van der Waals surface area contributed by atoms with Gasteiger partial charge in [0.1, 0.15) is 41.7 Å². The molecule has 45 heavy (non-hydrogen) atoms. The van der Waals surface area contributed by atoms with Gasteiger partial charge in [-0.2, -0.15) is 0 Å². The highest BCUT2D eigenvalue weighted by Gasteiger charge is 2.38. The van der Waals surface area contributed by atoms with E-state index >= 15 is 4.39 Å². The molecule has 8 nitrogen and oxygen atoms in total. The summed E-state index contributed by atoms with van der Waals surface area (Å²) in [6.07, 6.45) is 7.07. The summed E-state index contributed by atoms with van der Waals surface area (Å²) in [4.78, 5) is 8.69. The molecule has 1 unspecified atom stereocenters. The summed E-state index contributed by atoms with van der Waals surface area (Å²) in [6.45, 7) is 2.94. The Morgan fingerprint density at radius 2 is 1.93 bits per heavy atom. The highest BCUT2D eigenvalue weighted by atomic mass is 35.5. The van der Waals surface area contributed by atoms with Gasteiger partial charge in [0.25, 0.3) is 0 Å². The van der Waals surface area contributed by atoms with Gasteiger partial charge in [-0.3, -0.25) is 0 Å². The fourth-order valence-electron chi connectivity index (χ4n) is 5.35. The van der Waals surface area contributed by atoms with Crippen LogP contribution >= 0.6 is 11.6 Å². The van der Waals surface area contributed by atoms with Crippen LogP contribution in [0.25, 0.3) is 10.9 Å². The SMILES string of the molecule is CCCS(=O)(=O)CCNCCCC1(c2cc3c(Nc4ccc(OCc5cccc(F)c5)c(Cl)c4)ncnc3cc2F)CC=CO1. The van der Waals surface area contributed by atoms with Gasteiger partial charge in [-0.05, 0) is 73.8 Å². The Morgan fingerprint density at radius 3 is 2.69 bits per heavy atom. The Morgan fingerprint density at radius 1 is 1.07 bits per heavy atom. The van der Waals surface area contributed by atoms with Gasteiger partial charge in [0.15, 0.2) is 9.84 Å². The fourth-order valence-corrected chi connectivity index (χ4v) is 6.86. The minimum atomic E-state index is -3.05. The Balaban J connectivity index is 1.29. The van der Waals surface area contributed by atoms with E-state index in [0.29, 0.717) is 83.1 Å². The minimum Gasteiger partial charge on any atom is -0.490 e. The molecular weight excluding hydrogens is 622 g/mol. The van der Waals surface area contributed by atoms with E-state index in [2.05, 4.69) is 20.6 Å². The monoisotopic (exact) mass is 656 g/mol. The van der Waals surface area contributed by atoms with Crippen LogP contribution in [-0.2, 0) is 26.8 Å². The molecule has 0 aliphatic carbocycles. The van der Waals surface area contributed by atoms with Crippen molar-refractivity contribution >= 4 is 43.8 Å². The first kappa shape index (κ1) is 32.6.